The van der Waals surface area contributed by atoms with Crippen molar-refractivity contribution in [2.24, 2.45) is 0 Å². The van der Waals surface area contributed by atoms with Gasteiger partial charge in [0, 0.05) is 16.9 Å². The Kier molecular flexibility index (Phi) is 6.36. The smallest absolute Gasteiger partial charge is 0.126 e. The standard InChI is InChI=1S/C9H13N.C6H8N2O3S/c1-10(2)8-9-6-4-3-5-7-9;7-4-1-2-5(8)6(3-4)12(9,10)11/h3-7H,8H2,1-2H3;1-3H,7-8H2,(H,9,10,11). The number of nitrogen functional groups attached to an aromatic ring is 2. The summed E-state index contributed by atoms with van der Waals surface area (Å²) < 4.78 is 31.5. The molecule has 7 heteroatoms. The monoisotopic (exact) mass is 323 g/mol. The molecule has 0 aliphatic rings. The van der Waals surface area contributed by atoms with Crippen molar-refractivity contribution in [3.05, 3.63) is 54.1 Å². The molecular weight excluding hydrogens is 302 g/mol. The molecule has 0 radical (unpaired) electrons. The first-order chi connectivity index (χ1) is 10.2. The molecule has 0 aromatic heterocycles. The summed E-state index contributed by atoms with van der Waals surface area (Å²) in [7, 11) is -0.192. The molecule has 0 atom stereocenters. The molecule has 0 heterocycles. The lowest BCUT2D eigenvalue weighted by Crippen LogP contribution is -3.04. The van der Waals surface area contributed by atoms with Gasteiger partial charge in [-0.2, -0.15) is 0 Å². The normalized spacial score (nSPS) is 10.9. The lowest BCUT2D eigenvalue weighted by atomic mass is 10.2. The van der Waals surface area contributed by atoms with E-state index in [-0.39, 0.29) is 11.4 Å². The van der Waals surface area contributed by atoms with Crippen LogP contribution in [0.4, 0.5) is 11.4 Å². The summed E-state index contributed by atoms with van der Waals surface area (Å²) >= 11 is 0. The Morgan fingerprint density at radius 3 is 2.09 bits per heavy atom. The van der Waals surface area contributed by atoms with Crippen molar-refractivity contribution in [1.82, 2.24) is 0 Å². The van der Waals surface area contributed by atoms with Crippen molar-refractivity contribution < 1.29 is 17.9 Å². The predicted octanol–water partition coefficient (Wildman–Crippen LogP) is 0.0862. The minimum absolute atomic E-state index is 0.0841. The number of quaternary nitrogens is 1. The number of hydrogen-bond acceptors (Lipinski definition) is 5. The van der Waals surface area contributed by atoms with Crippen molar-refractivity contribution in [2.45, 2.75) is 11.4 Å². The van der Waals surface area contributed by atoms with Gasteiger partial charge in [-0.1, -0.05) is 30.3 Å². The fourth-order valence-corrected chi connectivity index (χ4v) is 2.41. The highest BCUT2D eigenvalue weighted by molar-refractivity contribution is 7.86. The van der Waals surface area contributed by atoms with Gasteiger partial charge in [0.1, 0.15) is 16.7 Å². The molecule has 0 bridgehead atoms. The highest BCUT2D eigenvalue weighted by atomic mass is 32.2. The van der Waals surface area contributed by atoms with Crippen molar-refractivity contribution in [3.8, 4) is 0 Å². The van der Waals surface area contributed by atoms with Crippen LogP contribution in [0, 0.1) is 0 Å². The van der Waals surface area contributed by atoms with Crippen LogP contribution < -0.4 is 16.4 Å². The summed E-state index contributed by atoms with van der Waals surface area (Å²) in [4.78, 5) is 0.994. The molecule has 0 saturated heterocycles. The van der Waals surface area contributed by atoms with E-state index >= 15 is 0 Å². The molecule has 2 aromatic carbocycles. The third kappa shape index (κ3) is 6.13. The zero-order valence-electron chi connectivity index (χ0n) is 12.6. The lowest BCUT2D eigenvalue weighted by molar-refractivity contribution is -0.872. The number of rotatable bonds is 3. The second-order valence-electron chi connectivity index (χ2n) is 5.12. The number of nitrogens with one attached hydrogen (secondary N) is 1. The number of nitrogens with two attached hydrogens (primary N) is 2. The summed E-state index contributed by atoms with van der Waals surface area (Å²) in [5.74, 6) is 0. The molecule has 0 saturated carbocycles. The van der Waals surface area contributed by atoms with Gasteiger partial charge in [0.2, 0.25) is 0 Å². The van der Waals surface area contributed by atoms with E-state index in [0.29, 0.717) is 0 Å². The number of benzene rings is 2. The minimum Gasteiger partial charge on any atom is -0.744 e. The van der Waals surface area contributed by atoms with Crippen LogP contribution >= 0.6 is 0 Å². The molecule has 0 unspecified atom stereocenters. The van der Waals surface area contributed by atoms with Gasteiger partial charge in [-0.15, -0.1) is 0 Å². The van der Waals surface area contributed by atoms with Crippen molar-refractivity contribution in [1.29, 1.82) is 0 Å². The van der Waals surface area contributed by atoms with Gasteiger partial charge in [0.05, 0.1) is 19.0 Å². The van der Waals surface area contributed by atoms with Crippen LogP contribution in [-0.2, 0) is 16.7 Å². The molecule has 120 valence electrons. The Morgan fingerprint density at radius 2 is 1.64 bits per heavy atom. The molecule has 22 heavy (non-hydrogen) atoms. The van der Waals surface area contributed by atoms with Crippen LogP contribution in [0.2, 0.25) is 0 Å². The first-order valence-electron chi connectivity index (χ1n) is 6.64. The van der Waals surface area contributed by atoms with E-state index in [0.717, 1.165) is 12.6 Å². The summed E-state index contributed by atoms with van der Waals surface area (Å²) in [6, 6.07) is 14.3. The topological polar surface area (TPSA) is 114 Å². The SMILES string of the molecule is C[NH+](C)Cc1ccccc1.Nc1ccc(N)c(S(=O)(=O)[O-])c1. The molecule has 6 nitrogen and oxygen atoms in total. The number of anilines is 2. The fourth-order valence-electron chi connectivity index (χ4n) is 1.77. The van der Waals surface area contributed by atoms with Crippen LogP contribution in [0.15, 0.2) is 53.4 Å². The molecule has 0 spiro atoms. The Labute approximate surface area is 131 Å². The zero-order valence-corrected chi connectivity index (χ0v) is 13.4. The minimum atomic E-state index is -4.51. The van der Waals surface area contributed by atoms with E-state index in [9.17, 15) is 13.0 Å². The predicted molar refractivity (Wildman–Crippen MR) is 86.2 cm³/mol. The molecule has 2 rings (SSSR count). The average Bonchev–Trinajstić information content (AvgIpc) is 2.41. The van der Waals surface area contributed by atoms with Crippen LogP contribution in [-0.4, -0.2) is 27.1 Å². The Balaban J connectivity index is 0.000000224. The van der Waals surface area contributed by atoms with Crippen LogP contribution in [0.25, 0.3) is 0 Å². The maximum Gasteiger partial charge on any atom is 0.126 e. The molecule has 0 aliphatic heterocycles. The summed E-state index contributed by atoms with van der Waals surface area (Å²) in [5, 5.41) is 0. The molecule has 0 aliphatic carbocycles. The van der Waals surface area contributed by atoms with Gasteiger partial charge in [-0.3, -0.25) is 0 Å². The van der Waals surface area contributed by atoms with Crippen molar-refractivity contribution >= 4 is 21.5 Å². The van der Waals surface area contributed by atoms with E-state index < -0.39 is 15.0 Å². The van der Waals surface area contributed by atoms with Gasteiger partial charge in [-0.05, 0) is 18.2 Å². The summed E-state index contributed by atoms with van der Waals surface area (Å²) in [5.41, 5.74) is 12.0. The van der Waals surface area contributed by atoms with Crippen LogP contribution in [0.3, 0.4) is 0 Å². The van der Waals surface area contributed by atoms with Crippen molar-refractivity contribution in [2.75, 3.05) is 25.6 Å². The van der Waals surface area contributed by atoms with E-state index in [1.165, 1.54) is 22.6 Å². The maximum atomic E-state index is 10.5. The largest absolute Gasteiger partial charge is 0.744 e. The first-order valence-corrected chi connectivity index (χ1v) is 8.05. The second kappa shape index (κ2) is 7.79. The summed E-state index contributed by atoms with van der Waals surface area (Å²) in [6.07, 6.45) is 0. The van der Waals surface area contributed by atoms with Gasteiger partial charge in [0.15, 0.2) is 0 Å². The maximum absolute atomic E-state index is 10.5. The Morgan fingerprint density at radius 1 is 1.05 bits per heavy atom. The molecule has 0 fully saturated rings. The quantitative estimate of drug-likeness (QED) is 0.547. The van der Waals surface area contributed by atoms with Gasteiger partial charge < -0.3 is 20.9 Å². The van der Waals surface area contributed by atoms with E-state index in [1.807, 2.05) is 0 Å². The molecular formula is C15H21N3O3S. The molecule has 0 amide bonds. The van der Waals surface area contributed by atoms with Gasteiger partial charge in [0.25, 0.3) is 0 Å². The van der Waals surface area contributed by atoms with Gasteiger partial charge in [-0.25, -0.2) is 8.42 Å². The highest BCUT2D eigenvalue weighted by Gasteiger charge is 2.05. The van der Waals surface area contributed by atoms with E-state index in [2.05, 4.69) is 44.4 Å². The molecule has 5 N–H and O–H groups in total. The first kappa shape index (κ1) is 18.0. The van der Waals surface area contributed by atoms with E-state index in [1.54, 1.807) is 0 Å². The number of hydrogen-bond donors (Lipinski definition) is 3. The van der Waals surface area contributed by atoms with Crippen LogP contribution in [0.1, 0.15) is 5.56 Å². The lowest BCUT2D eigenvalue weighted by Gasteiger charge is -2.09. The summed E-state index contributed by atoms with van der Waals surface area (Å²) in [6.45, 7) is 1.11. The molecule has 2 aromatic rings. The van der Waals surface area contributed by atoms with Crippen LogP contribution in [0.5, 0.6) is 0 Å². The zero-order chi connectivity index (χ0) is 16.8. The van der Waals surface area contributed by atoms with E-state index in [4.69, 9.17) is 11.5 Å². The second-order valence-corrected chi connectivity index (χ2v) is 6.47. The third-order valence-corrected chi connectivity index (χ3v) is 3.60. The van der Waals surface area contributed by atoms with Crippen molar-refractivity contribution in [3.63, 3.8) is 0 Å². The Bertz CT molecular complexity index is 701. The third-order valence-electron chi connectivity index (χ3n) is 2.71. The Hall–Kier alpha value is -2.09. The fraction of sp³-hybridized carbons (Fsp3) is 0.200. The highest BCUT2D eigenvalue weighted by Crippen LogP contribution is 2.20. The van der Waals surface area contributed by atoms with Gasteiger partial charge >= 0.3 is 0 Å². The average molecular weight is 323 g/mol.